The maximum absolute atomic E-state index is 11.2. The molecule has 0 aromatic carbocycles. The van der Waals surface area contributed by atoms with Crippen LogP contribution in [0.4, 0.5) is 0 Å². The molecule has 0 aromatic rings. The maximum atomic E-state index is 11.2. The van der Waals surface area contributed by atoms with Crippen LogP contribution >= 0.6 is 0 Å². The molecule has 0 amide bonds. The van der Waals surface area contributed by atoms with E-state index in [9.17, 15) is 9.90 Å². The van der Waals surface area contributed by atoms with Gasteiger partial charge in [0.15, 0.2) is 0 Å². The number of hydrogen-bond acceptors (Lipinski definition) is 1. The molecule has 16 heavy (non-hydrogen) atoms. The van der Waals surface area contributed by atoms with Gasteiger partial charge in [0.25, 0.3) is 0 Å². The van der Waals surface area contributed by atoms with Crippen molar-refractivity contribution < 1.29 is 9.90 Å². The molecule has 1 atom stereocenters. The van der Waals surface area contributed by atoms with Crippen LogP contribution in [0, 0.1) is 11.3 Å². The first-order valence-electron chi connectivity index (χ1n) is 6.72. The fraction of sp³-hybridized carbons (Fsp3) is 0.929. The van der Waals surface area contributed by atoms with Crippen molar-refractivity contribution in [3.05, 3.63) is 0 Å². The molecule has 1 unspecified atom stereocenters. The first kappa shape index (κ1) is 15.5. The van der Waals surface area contributed by atoms with Gasteiger partial charge in [0.05, 0.1) is 5.92 Å². The van der Waals surface area contributed by atoms with Gasteiger partial charge in [-0.05, 0) is 24.7 Å². The van der Waals surface area contributed by atoms with E-state index >= 15 is 0 Å². The largest absolute Gasteiger partial charge is 0.359 e. The van der Waals surface area contributed by atoms with Crippen LogP contribution in [0.15, 0.2) is 0 Å². The molecule has 0 bridgehead atoms. The number of carbonyl (C=O) groups excluding carboxylic acids is 1. The SMILES string of the molecule is CCCCC(C)(CCCC)C(CC)C([O])=O. The molecule has 0 aliphatic carbocycles. The summed E-state index contributed by atoms with van der Waals surface area (Å²) in [5.74, 6) is -1.15. The van der Waals surface area contributed by atoms with Gasteiger partial charge in [0, 0.05) is 0 Å². The Hall–Kier alpha value is -0.530. The molecule has 0 saturated carbocycles. The summed E-state index contributed by atoms with van der Waals surface area (Å²) in [6.07, 6.45) is 7.20. The van der Waals surface area contributed by atoms with Crippen LogP contribution in [0.25, 0.3) is 0 Å². The summed E-state index contributed by atoms with van der Waals surface area (Å²) in [7, 11) is 0. The first-order valence-corrected chi connectivity index (χ1v) is 6.72. The Morgan fingerprint density at radius 1 is 1.06 bits per heavy atom. The van der Waals surface area contributed by atoms with Crippen molar-refractivity contribution in [3.8, 4) is 0 Å². The summed E-state index contributed by atoms with van der Waals surface area (Å²) >= 11 is 0. The smallest absolute Gasteiger partial charge is 0.247 e. The fourth-order valence-corrected chi connectivity index (χ4v) is 2.58. The lowest BCUT2D eigenvalue weighted by Crippen LogP contribution is -2.32. The Morgan fingerprint density at radius 3 is 1.75 bits per heavy atom. The average Bonchev–Trinajstić information content (AvgIpc) is 2.24. The van der Waals surface area contributed by atoms with Gasteiger partial charge >= 0.3 is 5.97 Å². The summed E-state index contributed by atoms with van der Waals surface area (Å²) in [6, 6.07) is 0. The molecular weight excluding hydrogens is 200 g/mol. The van der Waals surface area contributed by atoms with Crippen molar-refractivity contribution in [2.24, 2.45) is 11.3 Å². The molecule has 2 nitrogen and oxygen atoms in total. The van der Waals surface area contributed by atoms with Gasteiger partial charge in [0.2, 0.25) is 0 Å². The molecule has 2 heteroatoms. The Bertz CT molecular complexity index is 191. The molecule has 0 heterocycles. The summed E-state index contributed by atoms with van der Waals surface area (Å²) in [4.78, 5) is 11.2. The van der Waals surface area contributed by atoms with E-state index in [4.69, 9.17) is 0 Å². The highest BCUT2D eigenvalue weighted by atomic mass is 16.4. The van der Waals surface area contributed by atoms with E-state index < -0.39 is 5.97 Å². The van der Waals surface area contributed by atoms with Crippen LogP contribution < -0.4 is 0 Å². The minimum absolute atomic E-state index is 0.0698. The van der Waals surface area contributed by atoms with Crippen LogP contribution in [0.3, 0.4) is 0 Å². The topological polar surface area (TPSA) is 37.0 Å². The van der Waals surface area contributed by atoms with E-state index in [-0.39, 0.29) is 11.3 Å². The minimum Gasteiger partial charge on any atom is -0.247 e. The van der Waals surface area contributed by atoms with E-state index in [0.29, 0.717) is 6.42 Å². The van der Waals surface area contributed by atoms with Gasteiger partial charge in [-0.2, -0.15) is 0 Å². The second kappa shape index (κ2) is 7.70. The van der Waals surface area contributed by atoms with Crippen molar-refractivity contribution in [2.45, 2.75) is 72.6 Å². The highest BCUT2D eigenvalue weighted by molar-refractivity contribution is 5.70. The van der Waals surface area contributed by atoms with Gasteiger partial charge in [-0.1, -0.05) is 53.4 Å². The lowest BCUT2D eigenvalue weighted by atomic mass is 9.69. The zero-order valence-corrected chi connectivity index (χ0v) is 11.3. The lowest BCUT2D eigenvalue weighted by Gasteiger charge is -2.34. The Balaban J connectivity index is 4.65. The standard InChI is InChI=1S/C14H27O2/c1-5-8-10-14(4,11-9-6-2)12(7-3)13(15)16/h12H,5-11H2,1-4H3. The zero-order valence-electron chi connectivity index (χ0n) is 11.3. The van der Waals surface area contributed by atoms with E-state index in [1.54, 1.807) is 0 Å². The fourth-order valence-electron chi connectivity index (χ4n) is 2.58. The number of carbonyl (C=O) groups is 1. The molecule has 0 aliphatic rings. The Morgan fingerprint density at radius 2 is 1.50 bits per heavy atom. The number of unbranched alkanes of at least 4 members (excludes halogenated alkanes) is 2. The number of hydrogen-bond donors (Lipinski definition) is 0. The predicted molar refractivity (Wildman–Crippen MR) is 66.6 cm³/mol. The third-order valence-electron chi connectivity index (χ3n) is 3.74. The zero-order chi connectivity index (χ0) is 12.6. The highest BCUT2D eigenvalue weighted by Gasteiger charge is 2.37. The van der Waals surface area contributed by atoms with Crippen molar-refractivity contribution in [1.29, 1.82) is 0 Å². The van der Waals surface area contributed by atoms with E-state index in [1.165, 1.54) is 0 Å². The maximum Gasteiger partial charge on any atom is 0.359 e. The van der Waals surface area contributed by atoms with Gasteiger partial charge in [-0.3, -0.25) is 0 Å². The van der Waals surface area contributed by atoms with Crippen LogP contribution in [-0.4, -0.2) is 5.97 Å². The minimum atomic E-state index is -0.864. The monoisotopic (exact) mass is 227 g/mol. The van der Waals surface area contributed by atoms with Crippen molar-refractivity contribution in [2.75, 3.05) is 0 Å². The summed E-state index contributed by atoms with van der Waals surface area (Å²) in [6.45, 7) is 8.39. The normalized spacial score (nSPS) is 13.8. The summed E-state index contributed by atoms with van der Waals surface area (Å²) in [5.41, 5.74) is -0.0698. The lowest BCUT2D eigenvalue weighted by molar-refractivity contribution is -0.153. The molecule has 95 valence electrons. The van der Waals surface area contributed by atoms with E-state index in [2.05, 4.69) is 20.8 Å². The van der Waals surface area contributed by atoms with Crippen LogP contribution in [0.5, 0.6) is 0 Å². The molecule has 0 rings (SSSR count). The second-order valence-corrected chi connectivity index (χ2v) is 5.14. The van der Waals surface area contributed by atoms with Gasteiger partial charge < -0.3 is 0 Å². The Kier molecular flexibility index (Phi) is 7.44. The van der Waals surface area contributed by atoms with Crippen LogP contribution in [0.1, 0.15) is 72.6 Å². The van der Waals surface area contributed by atoms with E-state index in [1.807, 2.05) is 6.92 Å². The quantitative estimate of drug-likeness (QED) is 0.576. The summed E-state index contributed by atoms with van der Waals surface area (Å²) in [5, 5.41) is 11.2. The molecule has 0 saturated heterocycles. The van der Waals surface area contributed by atoms with Crippen molar-refractivity contribution in [1.82, 2.24) is 0 Å². The first-order chi connectivity index (χ1) is 7.51. The van der Waals surface area contributed by atoms with Gasteiger partial charge in [-0.15, -0.1) is 0 Å². The molecule has 1 radical (unpaired) electrons. The predicted octanol–water partition coefficient (Wildman–Crippen LogP) is 4.36. The molecule has 0 aliphatic heterocycles. The van der Waals surface area contributed by atoms with Crippen LogP contribution in [0.2, 0.25) is 0 Å². The second-order valence-electron chi connectivity index (χ2n) is 5.14. The average molecular weight is 227 g/mol. The van der Waals surface area contributed by atoms with Crippen molar-refractivity contribution >= 4 is 5.97 Å². The highest BCUT2D eigenvalue weighted by Crippen LogP contribution is 2.40. The molecular formula is C14H27O2. The van der Waals surface area contributed by atoms with Crippen molar-refractivity contribution in [3.63, 3.8) is 0 Å². The third-order valence-corrected chi connectivity index (χ3v) is 3.74. The molecule has 0 fully saturated rings. The van der Waals surface area contributed by atoms with E-state index in [0.717, 1.165) is 38.5 Å². The third kappa shape index (κ3) is 4.54. The summed E-state index contributed by atoms with van der Waals surface area (Å²) < 4.78 is 0. The number of rotatable bonds is 9. The molecule has 0 aromatic heterocycles. The molecule has 0 N–H and O–H groups in total. The van der Waals surface area contributed by atoms with Gasteiger partial charge in [0.1, 0.15) is 0 Å². The molecule has 0 spiro atoms. The van der Waals surface area contributed by atoms with Crippen LogP contribution in [-0.2, 0) is 9.90 Å². The Labute approximate surface area is 100 Å². The van der Waals surface area contributed by atoms with Gasteiger partial charge in [-0.25, -0.2) is 9.90 Å².